The molecule has 7 nitrogen and oxygen atoms in total. The van der Waals surface area contributed by atoms with Crippen LogP contribution in [0.1, 0.15) is 16.7 Å². The van der Waals surface area contributed by atoms with Crippen molar-refractivity contribution in [3.8, 4) is 17.2 Å². The molecule has 0 bridgehead atoms. The molecule has 0 saturated carbocycles. The molecule has 0 aliphatic carbocycles. The minimum Gasteiger partial charge on any atom is -0.493 e. The molecular weight excluding hydrogens is 507 g/mol. The number of guanidine groups is 1. The number of methoxy groups -OCH3 is 3. The number of benzene rings is 2. The highest BCUT2D eigenvalue weighted by molar-refractivity contribution is 14.0. The van der Waals surface area contributed by atoms with E-state index < -0.39 is 0 Å². The maximum absolute atomic E-state index is 5.55. The molecular formula is C23H31IN4O3. The van der Waals surface area contributed by atoms with Gasteiger partial charge in [0.2, 0.25) is 5.75 Å². The van der Waals surface area contributed by atoms with E-state index in [1.54, 1.807) is 28.4 Å². The lowest BCUT2D eigenvalue weighted by Gasteiger charge is -2.17. The second kappa shape index (κ2) is 11.7. The van der Waals surface area contributed by atoms with Gasteiger partial charge in [0.25, 0.3) is 0 Å². The highest BCUT2D eigenvalue weighted by Crippen LogP contribution is 2.39. The van der Waals surface area contributed by atoms with Gasteiger partial charge in [0.15, 0.2) is 17.5 Å². The molecule has 168 valence electrons. The summed E-state index contributed by atoms with van der Waals surface area (Å²) < 4.78 is 16.3. The number of aromatic amines is 1. The Morgan fingerprint density at radius 1 is 0.968 bits per heavy atom. The fourth-order valence-electron chi connectivity index (χ4n) is 3.52. The lowest BCUT2D eigenvalue weighted by molar-refractivity contribution is 0.322. The van der Waals surface area contributed by atoms with Crippen LogP contribution in [0, 0.1) is 6.92 Å². The Hall–Kier alpha value is -2.62. The summed E-state index contributed by atoms with van der Waals surface area (Å²) >= 11 is 0. The highest BCUT2D eigenvalue weighted by atomic mass is 127. The van der Waals surface area contributed by atoms with Crippen LogP contribution in [0.25, 0.3) is 10.9 Å². The monoisotopic (exact) mass is 538 g/mol. The quantitative estimate of drug-likeness (QED) is 0.229. The molecule has 8 heteroatoms. The number of hydrogen-bond acceptors (Lipinski definition) is 4. The minimum atomic E-state index is 0. The standard InChI is InChI=1S/C23H30N4O3.HI/c1-15-6-8-18-16(13-26-19(18)12-15)10-11-25-23(24-2)27-14-17-7-9-20(28-3)22(30-5)21(17)29-4;/h6-9,12-13,26H,10-11,14H2,1-5H3,(H2,24,25,27);1H. The van der Waals surface area contributed by atoms with Crippen molar-refractivity contribution in [2.75, 3.05) is 34.9 Å². The third kappa shape index (κ3) is 5.75. The van der Waals surface area contributed by atoms with Gasteiger partial charge in [-0.05, 0) is 42.7 Å². The topological polar surface area (TPSA) is 79.9 Å². The lowest BCUT2D eigenvalue weighted by atomic mass is 10.1. The molecule has 3 rings (SSSR count). The summed E-state index contributed by atoms with van der Waals surface area (Å²) in [6.07, 6.45) is 2.97. The van der Waals surface area contributed by atoms with E-state index in [0.29, 0.717) is 23.8 Å². The highest BCUT2D eigenvalue weighted by Gasteiger charge is 2.16. The second-order valence-electron chi connectivity index (χ2n) is 6.96. The molecule has 1 aromatic heterocycles. The molecule has 2 aromatic carbocycles. The molecule has 0 atom stereocenters. The molecule has 0 aliphatic rings. The fourth-order valence-corrected chi connectivity index (χ4v) is 3.52. The predicted octanol–water partition coefficient (Wildman–Crippen LogP) is 4.03. The van der Waals surface area contributed by atoms with E-state index in [1.807, 2.05) is 12.1 Å². The van der Waals surface area contributed by atoms with Crippen molar-refractivity contribution in [1.82, 2.24) is 15.6 Å². The van der Waals surface area contributed by atoms with Crippen molar-refractivity contribution >= 4 is 40.8 Å². The van der Waals surface area contributed by atoms with Gasteiger partial charge >= 0.3 is 0 Å². The molecule has 0 amide bonds. The Labute approximate surface area is 200 Å². The molecule has 0 unspecified atom stereocenters. The van der Waals surface area contributed by atoms with Gasteiger partial charge in [0.1, 0.15) is 0 Å². The molecule has 31 heavy (non-hydrogen) atoms. The number of hydrogen-bond donors (Lipinski definition) is 3. The predicted molar refractivity (Wildman–Crippen MR) is 136 cm³/mol. The van der Waals surface area contributed by atoms with Gasteiger partial charge in [-0.15, -0.1) is 24.0 Å². The summed E-state index contributed by atoms with van der Waals surface area (Å²) in [4.78, 5) is 7.67. The van der Waals surface area contributed by atoms with Gasteiger partial charge in [0.05, 0.1) is 21.3 Å². The van der Waals surface area contributed by atoms with E-state index in [4.69, 9.17) is 14.2 Å². The third-order valence-corrected chi connectivity index (χ3v) is 5.07. The van der Waals surface area contributed by atoms with E-state index in [0.717, 1.165) is 24.5 Å². The van der Waals surface area contributed by atoms with Crippen LogP contribution >= 0.6 is 24.0 Å². The van der Waals surface area contributed by atoms with E-state index in [1.165, 1.54) is 22.0 Å². The van der Waals surface area contributed by atoms with Crippen LogP contribution in [-0.4, -0.2) is 45.9 Å². The van der Waals surface area contributed by atoms with Crippen molar-refractivity contribution in [2.45, 2.75) is 19.9 Å². The number of nitrogens with zero attached hydrogens (tertiary/aromatic N) is 1. The first kappa shape index (κ1) is 24.6. The van der Waals surface area contributed by atoms with Gasteiger partial charge < -0.3 is 29.8 Å². The zero-order chi connectivity index (χ0) is 21.5. The molecule has 3 aromatic rings. The van der Waals surface area contributed by atoms with Crippen molar-refractivity contribution in [1.29, 1.82) is 0 Å². The van der Waals surface area contributed by atoms with Crippen LogP contribution in [-0.2, 0) is 13.0 Å². The second-order valence-corrected chi connectivity index (χ2v) is 6.96. The average Bonchev–Trinajstić information content (AvgIpc) is 3.16. The van der Waals surface area contributed by atoms with Gasteiger partial charge in [-0.25, -0.2) is 0 Å². The van der Waals surface area contributed by atoms with Crippen LogP contribution in [0.5, 0.6) is 17.2 Å². The molecule has 0 radical (unpaired) electrons. The average molecular weight is 538 g/mol. The summed E-state index contributed by atoms with van der Waals surface area (Å²) in [5, 5.41) is 7.96. The number of H-pyrrole nitrogens is 1. The first-order valence-corrected chi connectivity index (χ1v) is 9.90. The van der Waals surface area contributed by atoms with E-state index in [-0.39, 0.29) is 24.0 Å². The van der Waals surface area contributed by atoms with E-state index in [9.17, 15) is 0 Å². The van der Waals surface area contributed by atoms with E-state index >= 15 is 0 Å². The molecule has 0 fully saturated rings. The largest absolute Gasteiger partial charge is 0.493 e. The SMILES string of the molecule is CN=C(NCCc1c[nH]c2cc(C)ccc12)NCc1ccc(OC)c(OC)c1OC.I. The van der Waals surface area contributed by atoms with Crippen LogP contribution in [0.3, 0.4) is 0 Å². The number of aromatic nitrogens is 1. The number of nitrogens with one attached hydrogen (secondary N) is 3. The third-order valence-electron chi connectivity index (χ3n) is 5.07. The van der Waals surface area contributed by atoms with Crippen LogP contribution in [0.2, 0.25) is 0 Å². The summed E-state index contributed by atoms with van der Waals surface area (Å²) in [5.41, 5.74) is 4.66. The minimum absolute atomic E-state index is 0. The van der Waals surface area contributed by atoms with Crippen molar-refractivity contribution in [3.63, 3.8) is 0 Å². The maximum Gasteiger partial charge on any atom is 0.203 e. The van der Waals surface area contributed by atoms with E-state index in [2.05, 4.69) is 51.9 Å². The normalized spacial score (nSPS) is 11.1. The first-order chi connectivity index (χ1) is 14.6. The summed E-state index contributed by atoms with van der Waals surface area (Å²) in [7, 11) is 6.59. The Morgan fingerprint density at radius 2 is 1.74 bits per heavy atom. The zero-order valence-corrected chi connectivity index (χ0v) is 21.0. The Bertz CT molecular complexity index is 1030. The molecule has 0 spiro atoms. The molecule has 1 heterocycles. The summed E-state index contributed by atoms with van der Waals surface area (Å²) in [6.45, 7) is 3.41. The summed E-state index contributed by atoms with van der Waals surface area (Å²) in [6, 6.07) is 10.3. The molecule has 0 aliphatic heterocycles. The number of fused-ring (bicyclic) bond motifs is 1. The van der Waals surface area contributed by atoms with Crippen molar-refractivity contribution < 1.29 is 14.2 Å². The Balaban J connectivity index is 0.00000341. The first-order valence-electron chi connectivity index (χ1n) is 9.90. The number of aryl methyl sites for hydroxylation is 1. The number of ether oxygens (including phenoxy) is 3. The Kier molecular flexibility index (Phi) is 9.29. The molecule has 3 N–H and O–H groups in total. The smallest absolute Gasteiger partial charge is 0.203 e. The van der Waals surface area contributed by atoms with Crippen LogP contribution in [0.15, 0.2) is 41.5 Å². The van der Waals surface area contributed by atoms with Crippen LogP contribution < -0.4 is 24.8 Å². The van der Waals surface area contributed by atoms with Gasteiger partial charge in [-0.3, -0.25) is 4.99 Å². The van der Waals surface area contributed by atoms with Crippen LogP contribution in [0.4, 0.5) is 0 Å². The van der Waals surface area contributed by atoms with Gasteiger partial charge in [-0.2, -0.15) is 0 Å². The zero-order valence-electron chi connectivity index (χ0n) is 18.7. The number of aliphatic imine (C=N–C) groups is 1. The number of halogens is 1. The lowest BCUT2D eigenvalue weighted by Crippen LogP contribution is -2.37. The summed E-state index contributed by atoms with van der Waals surface area (Å²) in [5.74, 6) is 2.59. The van der Waals surface area contributed by atoms with Crippen molar-refractivity contribution in [3.05, 3.63) is 53.2 Å². The molecule has 0 saturated heterocycles. The van der Waals surface area contributed by atoms with Crippen molar-refractivity contribution in [2.24, 2.45) is 4.99 Å². The van der Waals surface area contributed by atoms with Gasteiger partial charge in [0, 0.05) is 42.8 Å². The number of rotatable bonds is 8. The fraction of sp³-hybridized carbons (Fsp3) is 0.348. The van der Waals surface area contributed by atoms with Gasteiger partial charge in [-0.1, -0.05) is 12.1 Å². The Morgan fingerprint density at radius 3 is 2.42 bits per heavy atom. The maximum atomic E-state index is 5.55.